The summed E-state index contributed by atoms with van der Waals surface area (Å²) in [4.78, 5) is 0. The summed E-state index contributed by atoms with van der Waals surface area (Å²) in [6.45, 7) is 0. The van der Waals surface area contributed by atoms with Gasteiger partial charge in [-0.25, -0.2) is 0 Å². The minimum absolute atomic E-state index is 0. The summed E-state index contributed by atoms with van der Waals surface area (Å²) in [5, 5.41) is 0. The van der Waals surface area contributed by atoms with E-state index in [2.05, 4.69) is 0 Å². The van der Waals surface area contributed by atoms with E-state index in [0.717, 1.165) is 0 Å². The summed E-state index contributed by atoms with van der Waals surface area (Å²) < 4.78 is 36.3. The van der Waals surface area contributed by atoms with Gasteiger partial charge >= 0.3 is 88.7 Å². The van der Waals surface area contributed by atoms with Gasteiger partial charge in [0.2, 0.25) is 0 Å². The molecule has 0 saturated heterocycles. The second-order valence-corrected chi connectivity index (χ2v) is 2.86. The van der Waals surface area contributed by atoms with Crippen LogP contribution in [0.15, 0.2) is 0 Å². The number of hydrogen-bond donors (Lipinski definition) is 0. The molecule has 0 aromatic heterocycles. The molecule has 0 aromatic carbocycles. The normalized spacial score (nSPS) is 11.8. The first kappa shape index (κ1) is 29.2. The maximum absolute atomic E-state index is 9.09. The number of thiol groups is 1. The molecule has 2 unspecified atom stereocenters. The van der Waals surface area contributed by atoms with Crippen LogP contribution in [0, 0.1) is 0 Å². The van der Waals surface area contributed by atoms with Crippen molar-refractivity contribution in [3.63, 3.8) is 0 Å². The zero-order valence-electron chi connectivity index (χ0n) is 5.90. The summed E-state index contributed by atoms with van der Waals surface area (Å²) in [5.41, 5.74) is 0. The maximum atomic E-state index is 9.09. The molecule has 4 nitrogen and oxygen atoms in total. The van der Waals surface area contributed by atoms with Crippen LogP contribution in [0.3, 0.4) is 0 Å². The first-order chi connectivity index (χ1) is 2.64. The summed E-state index contributed by atoms with van der Waals surface area (Å²) in [7, 11) is -5.90. The Balaban J connectivity index is -0.0000000208. The molecule has 0 aliphatic carbocycles. The topological polar surface area (TPSA) is 80.3 Å². The summed E-state index contributed by atoms with van der Waals surface area (Å²) in [6.07, 6.45) is 0. The van der Waals surface area contributed by atoms with Gasteiger partial charge in [0, 0.05) is 20.2 Å². The predicted octanol–water partition coefficient (Wildman–Crippen LogP) is -10.6. The molecule has 2 atom stereocenters. The van der Waals surface area contributed by atoms with E-state index in [1.165, 1.54) is 0 Å². The SMILES string of the molecule is O=S([O-])S(=O)[O-].[Na+].[Na+].[Na+].[SH-]. The van der Waals surface area contributed by atoms with E-state index < -0.39 is 20.2 Å². The Hall–Kier alpha value is 3.57. The van der Waals surface area contributed by atoms with E-state index >= 15 is 0 Å². The Labute approximate surface area is 137 Å². The fraction of sp³-hybridized carbons (Fsp3) is 0. The zero-order chi connectivity index (χ0) is 5.15. The Kier molecular flexibility index (Phi) is 53.6. The molecule has 10 heteroatoms. The van der Waals surface area contributed by atoms with Crippen LogP contribution in [0.25, 0.3) is 0 Å². The third-order valence-corrected chi connectivity index (χ3v) is 1.00. The number of hydrogen-bond acceptors (Lipinski definition) is 5. The summed E-state index contributed by atoms with van der Waals surface area (Å²) in [5.74, 6) is 0. The van der Waals surface area contributed by atoms with Crippen LogP contribution < -0.4 is 88.7 Å². The van der Waals surface area contributed by atoms with Crippen molar-refractivity contribution in [2.24, 2.45) is 0 Å². The van der Waals surface area contributed by atoms with Crippen molar-refractivity contribution < 1.29 is 106 Å². The first-order valence-corrected chi connectivity index (χ1v) is 3.50. The molecule has 0 N–H and O–H groups in total. The maximum Gasteiger partial charge on any atom is 1.00 e. The third-order valence-electron chi connectivity index (χ3n) is 0.111. The van der Waals surface area contributed by atoms with E-state index in [0.29, 0.717) is 0 Å². The molecule has 0 amide bonds. The smallest absolute Gasteiger partial charge is 0.813 e. The van der Waals surface area contributed by atoms with Gasteiger partial charge in [0.05, 0.1) is 0 Å². The Morgan fingerprint density at radius 2 is 0.900 bits per heavy atom. The molecular formula is HNa3O4S3. The van der Waals surface area contributed by atoms with Crippen LogP contribution in [0.5, 0.6) is 0 Å². The van der Waals surface area contributed by atoms with Gasteiger partial charge in [-0.15, -0.1) is 0 Å². The van der Waals surface area contributed by atoms with Crippen LogP contribution in [0.1, 0.15) is 0 Å². The van der Waals surface area contributed by atoms with E-state index in [1.807, 2.05) is 0 Å². The summed E-state index contributed by atoms with van der Waals surface area (Å²) in [6, 6.07) is 0. The van der Waals surface area contributed by atoms with Crippen molar-refractivity contribution in [2.45, 2.75) is 0 Å². The summed E-state index contributed by atoms with van der Waals surface area (Å²) >= 11 is 0. The average molecular weight is 230 g/mol. The van der Waals surface area contributed by atoms with Gasteiger partial charge in [-0.05, 0) is 0 Å². The van der Waals surface area contributed by atoms with Gasteiger partial charge in [-0.1, -0.05) is 0 Å². The molecule has 46 valence electrons. The van der Waals surface area contributed by atoms with Gasteiger partial charge < -0.3 is 22.6 Å². The van der Waals surface area contributed by atoms with E-state index in [4.69, 9.17) is 17.5 Å². The molecule has 0 bridgehead atoms. The third kappa shape index (κ3) is 22.6. The van der Waals surface area contributed by atoms with Gasteiger partial charge in [0.1, 0.15) is 0 Å². The van der Waals surface area contributed by atoms with Crippen LogP contribution in [0.4, 0.5) is 0 Å². The largest absolute Gasteiger partial charge is 1.00 e. The second kappa shape index (κ2) is 18.4. The fourth-order valence-electron chi connectivity index (χ4n) is 0. The molecule has 0 aromatic rings. The fourth-order valence-corrected chi connectivity index (χ4v) is 0. The molecular weight excluding hydrogens is 229 g/mol. The molecule has 0 radical (unpaired) electrons. The van der Waals surface area contributed by atoms with Gasteiger partial charge in [0.25, 0.3) is 0 Å². The Morgan fingerprint density at radius 1 is 0.800 bits per heavy atom. The van der Waals surface area contributed by atoms with Crippen molar-refractivity contribution >= 4 is 33.7 Å². The molecule has 0 saturated carbocycles. The van der Waals surface area contributed by atoms with E-state index in [1.54, 1.807) is 0 Å². The molecule has 0 aliphatic heterocycles. The van der Waals surface area contributed by atoms with E-state index in [9.17, 15) is 0 Å². The molecule has 0 fully saturated rings. The first-order valence-electron chi connectivity index (χ1n) is 0.833. The van der Waals surface area contributed by atoms with Crippen LogP contribution in [0.2, 0.25) is 0 Å². The van der Waals surface area contributed by atoms with Crippen molar-refractivity contribution in [2.75, 3.05) is 0 Å². The van der Waals surface area contributed by atoms with Gasteiger partial charge in [-0.3, -0.25) is 8.42 Å². The molecule has 0 spiro atoms. The van der Waals surface area contributed by atoms with Crippen LogP contribution in [-0.4, -0.2) is 17.5 Å². The van der Waals surface area contributed by atoms with Crippen LogP contribution in [-0.2, 0) is 33.7 Å². The van der Waals surface area contributed by atoms with Gasteiger partial charge in [-0.2, -0.15) is 0 Å². The quantitative estimate of drug-likeness (QED) is 0.147. The van der Waals surface area contributed by atoms with Gasteiger partial charge in [0.15, 0.2) is 0 Å². The second-order valence-electron chi connectivity index (χ2n) is 0.408. The average Bonchev–Trinajstić information content (AvgIpc) is 1.36. The van der Waals surface area contributed by atoms with Crippen molar-refractivity contribution in [3.8, 4) is 0 Å². The van der Waals surface area contributed by atoms with Crippen molar-refractivity contribution in [1.82, 2.24) is 0 Å². The molecule has 10 heavy (non-hydrogen) atoms. The standard InChI is InChI=1S/3Na.H2O4S2.H2S/c;;;1-5(2)6(3)4;/h;;;(H,1,2)(H,3,4);1H2/q3*+1;;/p-3. The van der Waals surface area contributed by atoms with E-state index in [-0.39, 0.29) is 102 Å². The Bertz CT molecular complexity index is 81.7. The Morgan fingerprint density at radius 3 is 0.900 bits per heavy atom. The zero-order valence-corrected chi connectivity index (χ0v) is 14.4. The van der Waals surface area contributed by atoms with Crippen molar-refractivity contribution in [3.05, 3.63) is 0 Å². The monoisotopic (exact) mass is 230 g/mol. The molecule has 0 rings (SSSR count). The minimum atomic E-state index is -2.95. The van der Waals surface area contributed by atoms with Crippen LogP contribution >= 0.6 is 0 Å². The minimum Gasteiger partial charge on any atom is -0.813 e. The molecule has 0 heterocycles. The predicted molar refractivity (Wildman–Crippen MR) is 26.6 cm³/mol. The van der Waals surface area contributed by atoms with Crippen molar-refractivity contribution in [1.29, 1.82) is 0 Å². The molecule has 0 aliphatic rings. The number of rotatable bonds is 1.